The molecule has 0 spiro atoms. The highest BCUT2D eigenvalue weighted by Crippen LogP contribution is 2.57. The van der Waals surface area contributed by atoms with Gasteiger partial charge in [-0.3, -0.25) is 0 Å². The minimum atomic E-state index is -0.0906. The van der Waals surface area contributed by atoms with Crippen LogP contribution in [0.25, 0.3) is 0 Å². The number of rotatable bonds is 3. The maximum atomic E-state index is 10.7. The first kappa shape index (κ1) is 12.1. The first-order valence-electron chi connectivity index (χ1n) is 6.71. The van der Waals surface area contributed by atoms with Crippen molar-refractivity contribution < 1.29 is 9.90 Å². The fourth-order valence-corrected chi connectivity index (χ4v) is 4.44. The molecule has 0 saturated heterocycles. The number of fused-ring (bicyclic) bond motifs is 1. The van der Waals surface area contributed by atoms with E-state index >= 15 is 0 Å². The van der Waals surface area contributed by atoms with Crippen LogP contribution in [0.2, 0.25) is 0 Å². The highest BCUT2D eigenvalue weighted by molar-refractivity contribution is 5.49. The minimum Gasteiger partial charge on any atom is -0.393 e. The van der Waals surface area contributed by atoms with Crippen LogP contribution in [0.4, 0.5) is 0 Å². The van der Waals surface area contributed by atoms with Crippen molar-refractivity contribution in [1.29, 1.82) is 0 Å². The van der Waals surface area contributed by atoms with E-state index in [4.69, 9.17) is 0 Å². The molecule has 16 heavy (non-hydrogen) atoms. The lowest BCUT2D eigenvalue weighted by Crippen LogP contribution is -2.41. The van der Waals surface area contributed by atoms with Crippen LogP contribution >= 0.6 is 0 Å². The molecular weight excluding hydrogens is 200 g/mol. The van der Waals surface area contributed by atoms with E-state index in [-0.39, 0.29) is 6.10 Å². The topological polar surface area (TPSA) is 37.3 Å². The van der Waals surface area contributed by atoms with Crippen molar-refractivity contribution in [3.05, 3.63) is 0 Å². The van der Waals surface area contributed by atoms with E-state index in [1.807, 2.05) is 0 Å². The summed E-state index contributed by atoms with van der Waals surface area (Å²) in [6.07, 6.45) is 7.38. The lowest BCUT2D eigenvalue weighted by molar-refractivity contribution is -0.109. The second-order valence-electron chi connectivity index (χ2n) is 6.14. The summed E-state index contributed by atoms with van der Waals surface area (Å²) in [5.41, 5.74) is 0.292. The van der Waals surface area contributed by atoms with Crippen molar-refractivity contribution in [2.24, 2.45) is 23.2 Å². The van der Waals surface area contributed by atoms with Crippen molar-refractivity contribution in [3.8, 4) is 0 Å². The normalized spacial score (nSPS) is 45.1. The van der Waals surface area contributed by atoms with Gasteiger partial charge in [0.25, 0.3) is 0 Å². The average molecular weight is 224 g/mol. The third-order valence-electron chi connectivity index (χ3n) is 5.32. The van der Waals surface area contributed by atoms with E-state index in [2.05, 4.69) is 13.8 Å². The molecule has 0 radical (unpaired) electrons. The maximum Gasteiger partial charge on any atom is 0.120 e. The second-order valence-corrected chi connectivity index (χ2v) is 6.14. The zero-order valence-corrected chi connectivity index (χ0v) is 10.5. The molecule has 2 nitrogen and oxygen atoms in total. The van der Waals surface area contributed by atoms with Gasteiger partial charge in [0.2, 0.25) is 0 Å². The second kappa shape index (κ2) is 4.48. The number of hydrogen-bond acceptors (Lipinski definition) is 2. The number of aliphatic hydroxyl groups excluding tert-OH is 1. The highest BCUT2D eigenvalue weighted by Gasteiger charge is 2.51. The van der Waals surface area contributed by atoms with Crippen LogP contribution in [0, 0.1) is 23.2 Å². The summed E-state index contributed by atoms with van der Waals surface area (Å²) in [5.74, 6) is 1.61. The molecule has 2 unspecified atom stereocenters. The maximum absolute atomic E-state index is 10.7. The van der Waals surface area contributed by atoms with Crippen LogP contribution in [0.1, 0.15) is 52.4 Å². The van der Waals surface area contributed by atoms with Gasteiger partial charge >= 0.3 is 0 Å². The lowest BCUT2D eigenvalue weighted by Gasteiger charge is -2.45. The Bertz CT molecular complexity index is 263. The van der Waals surface area contributed by atoms with Crippen LogP contribution in [-0.2, 0) is 4.79 Å². The van der Waals surface area contributed by atoms with E-state index in [1.165, 1.54) is 12.8 Å². The van der Waals surface area contributed by atoms with Crippen molar-refractivity contribution in [2.45, 2.75) is 58.5 Å². The number of aliphatic hydroxyl groups is 1. The number of carbonyl (C=O) groups is 1. The van der Waals surface area contributed by atoms with E-state index in [0.29, 0.717) is 29.6 Å². The third kappa shape index (κ3) is 1.81. The quantitative estimate of drug-likeness (QED) is 0.748. The van der Waals surface area contributed by atoms with E-state index < -0.39 is 0 Å². The number of carbonyl (C=O) groups excluding carboxylic acids is 1. The summed E-state index contributed by atoms with van der Waals surface area (Å²) in [6, 6.07) is 0. The summed E-state index contributed by atoms with van der Waals surface area (Å²) >= 11 is 0. The fourth-order valence-electron chi connectivity index (χ4n) is 4.44. The molecule has 2 aliphatic rings. The predicted molar refractivity (Wildman–Crippen MR) is 64.0 cm³/mol. The summed E-state index contributed by atoms with van der Waals surface area (Å²) < 4.78 is 0. The van der Waals surface area contributed by atoms with Gasteiger partial charge in [-0.25, -0.2) is 0 Å². The molecule has 5 atom stereocenters. The minimum absolute atomic E-state index is 0.0906. The Morgan fingerprint density at radius 2 is 2.19 bits per heavy atom. The van der Waals surface area contributed by atoms with Gasteiger partial charge in [-0.05, 0) is 48.9 Å². The zero-order valence-electron chi connectivity index (χ0n) is 10.5. The van der Waals surface area contributed by atoms with Gasteiger partial charge in [-0.15, -0.1) is 0 Å². The Kier molecular flexibility index (Phi) is 3.39. The van der Waals surface area contributed by atoms with Crippen LogP contribution in [0.5, 0.6) is 0 Å². The molecule has 0 amide bonds. The molecule has 2 saturated carbocycles. The fraction of sp³-hybridized carbons (Fsp3) is 0.929. The van der Waals surface area contributed by atoms with Gasteiger partial charge < -0.3 is 9.90 Å². The summed E-state index contributed by atoms with van der Waals surface area (Å²) in [4.78, 5) is 10.7. The molecule has 0 heterocycles. The van der Waals surface area contributed by atoms with Crippen molar-refractivity contribution in [3.63, 3.8) is 0 Å². The van der Waals surface area contributed by atoms with Crippen molar-refractivity contribution in [2.75, 3.05) is 0 Å². The van der Waals surface area contributed by atoms with Crippen molar-refractivity contribution in [1.82, 2.24) is 0 Å². The zero-order chi connectivity index (χ0) is 11.8. The smallest absolute Gasteiger partial charge is 0.120 e. The van der Waals surface area contributed by atoms with Gasteiger partial charge in [0.15, 0.2) is 0 Å². The Morgan fingerprint density at radius 1 is 1.44 bits per heavy atom. The van der Waals surface area contributed by atoms with Gasteiger partial charge in [-0.1, -0.05) is 20.3 Å². The first-order valence-corrected chi connectivity index (χ1v) is 6.71. The van der Waals surface area contributed by atoms with Crippen LogP contribution < -0.4 is 0 Å². The van der Waals surface area contributed by atoms with E-state index in [9.17, 15) is 9.90 Å². The molecular formula is C14H24O2. The molecule has 0 aromatic carbocycles. The molecule has 2 rings (SSSR count). The van der Waals surface area contributed by atoms with Gasteiger partial charge in [0.05, 0.1) is 6.10 Å². The van der Waals surface area contributed by atoms with Crippen LogP contribution in [-0.4, -0.2) is 17.5 Å². The van der Waals surface area contributed by atoms with Crippen LogP contribution in [0.3, 0.4) is 0 Å². The summed E-state index contributed by atoms with van der Waals surface area (Å²) in [6.45, 7) is 4.55. The average Bonchev–Trinajstić information content (AvgIpc) is 2.57. The molecule has 2 aliphatic carbocycles. The molecule has 0 aliphatic heterocycles. The highest BCUT2D eigenvalue weighted by atomic mass is 16.3. The molecule has 2 heteroatoms. The van der Waals surface area contributed by atoms with Gasteiger partial charge in [0, 0.05) is 6.42 Å². The monoisotopic (exact) mass is 224 g/mol. The van der Waals surface area contributed by atoms with Gasteiger partial charge in [0.1, 0.15) is 6.29 Å². The Balaban J connectivity index is 2.14. The van der Waals surface area contributed by atoms with Crippen LogP contribution in [0.15, 0.2) is 0 Å². The third-order valence-corrected chi connectivity index (χ3v) is 5.32. The van der Waals surface area contributed by atoms with E-state index in [0.717, 1.165) is 25.5 Å². The van der Waals surface area contributed by atoms with Crippen molar-refractivity contribution >= 4 is 6.29 Å². The molecule has 1 N–H and O–H groups in total. The molecule has 0 bridgehead atoms. The van der Waals surface area contributed by atoms with E-state index in [1.54, 1.807) is 0 Å². The molecule has 2 fully saturated rings. The molecule has 0 aromatic rings. The SMILES string of the molecule is C[C@H](CC=O)[C@H]1CCC2C(O)CCC[C@@]21C. The standard InChI is InChI=1S/C14H24O2/c1-10(7-9-15)11-5-6-12-13(16)4-3-8-14(11,12)2/h9-13,16H,3-8H2,1-2H3/t10-,11-,12?,13?,14-/m1/s1. The molecule has 92 valence electrons. The predicted octanol–water partition coefficient (Wildman–Crippen LogP) is 2.79. The number of hydrogen-bond donors (Lipinski definition) is 1. The van der Waals surface area contributed by atoms with Gasteiger partial charge in [-0.2, -0.15) is 0 Å². The number of aldehydes is 1. The Morgan fingerprint density at radius 3 is 2.88 bits per heavy atom. The Hall–Kier alpha value is -0.370. The largest absolute Gasteiger partial charge is 0.393 e. The first-order chi connectivity index (χ1) is 7.59. The molecule has 0 aromatic heterocycles. The summed E-state index contributed by atoms with van der Waals surface area (Å²) in [7, 11) is 0. The lowest BCUT2D eigenvalue weighted by atomic mass is 9.61. The Labute approximate surface area is 98.4 Å². The summed E-state index contributed by atoms with van der Waals surface area (Å²) in [5, 5.41) is 10.1.